The van der Waals surface area contributed by atoms with Gasteiger partial charge in [0, 0.05) is 11.8 Å². The van der Waals surface area contributed by atoms with Crippen molar-refractivity contribution in [3.05, 3.63) is 23.8 Å². The zero-order valence-electron chi connectivity index (χ0n) is 39.3. The summed E-state index contributed by atoms with van der Waals surface area (Å²) in [6, 6.07) is 0. The first-order valence-corrected chi connectivity index (χ1v) is 24.9. The van der Waals surface area contributed by atoms with Gasteiger partial charge in [0.1, 0.15) is 13.1 Å². The number of aromatic carboxylic acids is 1. The van der Waals surface area contributed by atoms with Crippen LogP contribution in [0.25, 0.3) is 0 Å². The Morgan fingerprint density at radius 1 is 0.569 bits per heavy atom. The molecule has 8 aliphatic carbocycles. The first-order valence-electron chi connectivity index (χ1n) is 24.9. The maximum Gasteiger partial charge on any atom is 0.358 e. The number of fused-ring (bicyclic) bond motifs is 10. The summed E-state index contributed by atoms with van der Waals surface area (Å²) in [5.74, 6) is 3.85. The second-order valence-corrected chi connectivity index (χ2v) is 24.2. The molecule has 2 aromatic rings. The molecule has 0 bridgehead atoms. The number of rotatable bonds is 8. The summed E-state index contributed by atoms with van der Waals surface area (Å²) >= 11 is 0. The van der Waals surface area contributed by atoms with Gasteiger partial charge in [0.2, 0.25) is 0 Å². The Labute approximate surface area is 386 Å². The van der Waals surface area contributed by atoms with E-state index in [9.17, 15) is 29.4 Å². The average Bonchev–Trinajstić information content (AvgIpc) is 4.04. The van der Waals surface area contributed by atoms with Gasteiger partial charge in [-0.2, -0.15) is 19.8 Å². The molecular weight excluding hydrogens is 823 g/mol. The van der Waals surface area contributed by atoms with Crippen molar-refractivity contribution in [3.8, 4) is 0 Å². The van der Waals surface area contributed by atoms with Crippen LogP contribution in [0, 0.1) is 80.8 Å². The number of Topliss-reactive ketones (excluding diaryl/α,β-unsaturated/α-hetero) is 2. The lowest BCUT2D eigenvalue weighted by Crippen LogP contribution is -2.55. The fraction of sp³-hybridized carbons (Fsp3) is 0.843. The van der Waals surface area contributed by atoms with E-state index in [-0.39, 0.29) is 66.1 Å². The Morgan fingerprint density at radius 2 is 0.969 bits per heavy atom. The maximum absolute atomic E-state index is 13.3. The Bertz CT molecular complexity index is 2000. The highest BCUT2D eigenvalue weighted by atomic mass is 16.4. The van der Waals surface area contributed by atoms with Crippen LogP contribution in [0.4, 0.5) is 0 Å². The van der Waals surface area contributed by atoms with Crippen LogP contribution in [0.3, 0.4) is 0 Å². The highest BCUT2D eigenvalue weighted by Crippen LogP contribution is 2.70. The number of nitrogens with two attached hydrogens (primary N) is 1. The van der Waals surface area contributed by atoms with Gasteiger partial charge >= 0.3 is 5.97 Å². The first-order chi connectivity index (χ1) is 30.1. The van der Waals surface area contributed by atoms with Crippen molar-refractivity contribution < 1.29 is 34.5 Å². The van der Waals surface area contributed by atoms with E-state index in [4.69, 9.17) is 10.8 Å². The summed E-state index contributed by atoms with van der Waals surface area (Å²) < 4.78 is 0. The van der Waals surface area contributed by atoms with Crippen LogP contribution in [0.2, 0.25) is 0 Å². The summed E-state index contributed by atoms with van der Waals surface area (Å²) in [6.07, 6.45) is 22.0. The summed E-state index contributed by atoms with van der Waals surface area (Å²) in [5, 5.41) is 46.5. The normalized spacial score (nSPS) is 44.9. The van der Waals surface area contributed by atoms with Crippen molar-refractivity contribution >= 4 is 23.4 Å². The van der Waals surface area contributed by atoms with Crippen molar-refractivity contribution in [1.82, 2.24) is 30.0 Å². The van der Waals surface area contributed by atoms with Gasteiger partial charge in [0.05, 0.1) is 23.6 Å². The molecule has 14 nitrogen and oxygen atoms in total. The van der Waals surface area contributed by atoms with Crippen molar-refractivity contribution in [3.63, 3.8) is 0 Å². The summed E-state index contributed by atoms with van der Waals surface area (Å²) in [5.41, 5.74) is 4.96. The molecule has 10 rings (SSSR count). The fourth-order valence-corrected chi connectivity index (χ4v) is 17.4. The van der Waals surface area contributed by atoms with Crippen molar-refractivity contribution in [2.24, 2.45) is 86.6 Å². The summed E-state index contributed by atoms with van der Waals surface area (Å²) in [7, 11) is 0. The van der Waals surface area contributed by atoms with Crippen molar-refractivity contribution in [2.75, 3.05) is 0 Å². The molecule has 14 heteroatoms. The van der Waals surface area contributed by atoms with E-state index in [1.807, 2.05) is 13.8 Å². The van der Waals surface area contributed by atoms with E-state index in [1.165, 1.54) is 60.5 Å². The quantitative estimate of drug-likeness (QED) is 0.199. The van der Waals surface area contributed by atoms with E-state index in [0.717, 1.165) is 83.0 Å². The predicted octanol–water partition coefficient (Wildman–Crippen LogP) is 7.95. The third kappa shape index (κ3) is 8.24. The molecule has 0 aliphatic heterocycles. The third-order valence-corrected chi connectivity index (χ3v) is 20.8. The Morgan fingerprint density at radius 3 is 1.35 bits per heavy atom. The Hall–Kier alpha value is -3.52. The highest BCUT2D eigenvalue weighted by Gasteiger charge is 2.63. The molecule has 65 heavy (non-hydrogen) atoms. The number of aliphatic hydroxyl groups is 2. The number of amides is 1. The molecular formula is C51H79N7O7. The zero-order chi connectivity index (χ0) is 45.8. The van der Waals surface area contributed by atoms with E-state index in [1.54, 1.807) is 0 Å². The largest absolute Gasteiger partial charge is 0.476 e. The first kappa shape index (κ1) is 48.0. The minimum Gasteiger partial charge on any atom is -0.476 e. The number of aromatic nitrogens is 6. The second-order valence-electron chi connectivity index (χ2n) is 24.2. The van der Waals surface area contributed by atoms with Crippen LogP contribution in [0.15, 0.2) is 12.4 Å². The Kier molecular flexibility index (Phi) is 12.5. The molecule has 0 radical (unpaired) electrons. The standard InChI is InChI=1S/C25H38N4O3.C25H37N3O4.CH4/c1-23(32)10-11-24(2)15(12-23)4-5-16-17-6-7-19(25(17,3)9-8-18(16)24)21(30)14-29-27-13-20(28-29)22(26)31;1-23(32)10-11-24(2)15(12-23)4-5-16-17-6-7-19(25(17,3)9-8-18(16)24)21(29)14-28-26-13-20(27-28)22(30)31;/h13,15-19,32H,4-12,14H2,1-3H3,(H2,26,31);13,15-19,32H,4-12,14H2,1-3H3,(H,30,31);1H4/t2*15-,16+,17+,18+,19-,23-,24+,25+;/m11./s1. The smallest absolute Gasteiger partial charge is 0.358 e. The zero-order valence-corrected chi connectivity index (χ0v) is 39.3. The number of primary amides is 1. The molecule has 2 heterocycles. The Balaban J connectivity index is 0.000000175. The summed E-state index contributed by atoms with van der Waals surface area (Å²) in [4.78, 5) is 51.6. The molecule has 8 saturated carbocycles. The summed E-state index contributed by atoms with van der Waals surface area (Å²) in [6.45, 7) is 13.9. The molecule has 5 N–H and O–H groups in total. The van der Waals surface area contributed by atoms with Crippen LogP contribution in [-0.4, -0.2) is 80.0 Å². The number of carbonyl (C=O) groups excluding carboxylic acids is 3. The predicted molar refractivity (Wildman–Crippen MR) is 244 cm³/mol. The van der Waals surface area contributed by atoms with Crippen molar-refractivity contribution in [2.45, 2.75) is 189 Å². The SMILES string of the molecule is C.C[C@@]1(O)CC[C@@]2(C)[C@H](CC[C@@H]3[C@@H]2CC[C@]2(C)[C@@H](C(=O)Cn4ncc(C(=O)O)n4)CC[C@@H]32)C1.C[C@@]1(O)CC[C@@]2(C)[C@H](CC[C@@H]3[C@@H]2CC[C@]2(C)[C@@H](C(=O)Cn4ncc(C(N)=O)n4)CC[C@@H]32)C1. The molecule has 16 atom stereocenters. The van der Waals surface area contributed by atoms with E-state index in [0.29, 0.717) is 52.3 Å². The number of carboxylic acids is 1. The maximum atomic E-state index is 13.3. The van der Waals surface area contributed by atoms with Gasteiger partial charge in [0.15, 0.2) is 23.0 Å². The molecule has 2 aromatic heterocycles. The van der Waals surface area contributed by atoms with Crippen LogP contribution in [-0.2, 0) is 22.7 Å². The van der Waals surface area contributed by atoms with Crippen molar-refractivity contribution in [1.29, 1.82) is 0 Å². The number of hydrogen-bond donors (Lipinski definition) is 4. The molecule has 360 valence electrons. The number of carboxylic acid groups (broad SMARTS) is 1. The second kappa shape index (κ2) is 16.9. The molecule has 8 fully saturated rings. The van der Waals surface area contributed by atoms with E-state index < -0.39 is 23.1 Å². The van der Waals surface area contributed by atoms with Gasteiger partial charge in [-0.05, 0) is 198 Å². The monoisotopic (exact) mass is 902 g/mol. The molecule has 1 amide bonds. The van der Waals surface area contributed by atoms with Crippen LogP contribution < -0.4 is 5.73 Å². The molecule has 0 saturated heterocycles. The molecule has 8 aliphatic rings. The van der Waals surface area contributed by atoms with Crippen LogP contribution in [0.1, 0.15) is 186 Å². The van der Waals surface area contributed by atoms with Gasteiger partial charge in [-0.1, -0.05) is 35.1 Å². The number of carbonyl (C=O) groups is 4. The average molecular weight is 902 g/mol. The van der Waals surface area contributed by atoms with Crippen LogP contribution in [0.5, 0.6) is 0 Å². The molecule has 0 unspecified atom stereocenters. The van der Waals surface area contributed by atoms with Gasteiger partial charge in [-0.3, -0.25) is 14.4 Å². The minimum absolute atomic E-state index is 0. The lowest BCUT2D eigenvalue weighted by atomic mass is 9.44. The van der Waals surface area contributed by atoms with E-state index >= 15 is 0 Å². The topological polar surface area (TPSA) is 216 Å². The van der Waals surface area contributed by atoms with Gasteiger partial charge in [-0.15, -0.1) is 10.2 Å². The van der Waals surface area contributed by atoms with Gasteiger partial charge < -0.3 is 21.1 Å². The molecule has 0 spiro atoms. The lowest BCUT2D eigenvalue weighted by molar-refractivity contribution is -0.151. The van der Waals surface area contributed by atoms with Gasteiger partial charge in [0.25, 0.3) is 5.91 Å². The minimum atomic E-state index is -1.12. The number of nitrogens with zero attached hydrogens (tertiary/aromatic N) is 6. The van der Waals surface area contributed by atoms with Crippen LogP contribution >= 0.6 is 0 Å². The number of hydrogen-bond acceptors (Lipinski definition) is 10. The molecule has 0 aromatic carbocycles. The van der Waals surface area contributed by atoms with Gasteiger partial charge in [-0.25, -0.2) is 4.79 Å². The number of ketones is 2. The van der Waals surface area contributed by atoms with E-state index in [2.05, 4.69) is 48.1 Å². The fourth-order valence-electron chi connectivity index (χ4n) is 17.4. The lowest BCUT2D eigenvalue weighted by Gasteiger charge is -2.61. The third-order valence-electron chi connectivity index (χ3n) is 20.8. The highest BCUT2D eigenvalue weighted by molar-refractivity contribution is 5.90.